The molecule has 29 heavy (non-hydrogen) atoms. The Hall–Kier alpha value is -1.80. The maximum absolute atomic E-state index is 6.19. The van der Waals surface area contributed by atoms with Crippen molar-refractivity contribution in [3.63, 3.8) is 0 Å². The Morgan fingerprint density at radius 2 is 1.76 bits per heavy atom. The van der Waals surface area contributed by atoms with Crippen molar-refractivity contribution >= 4 is 29.9 Å². The Labute approximate surface area is 190 Å². The zero-order chi connectivity index (χ0) is 19.2. The summed E-state index contributed by atoms with van der Waals surface area (Å²) in [6.45, 7) is 4.68. The molecule has 0 amide bonds. The molecule has 5 nitrogen and oxygen atoms in total. The van der Waals surface area contributed by atoms with E-state index in [0.29, 0.717) is 24.5 Å². The zero-order valence-electron chi connectivity index (χ0n) is 16.8. The van der Waals surface area contributed by atoms with E-state index in [4.69, 9.17) is 10.5 Å². The number of hydrogen-bond donors (Lipinski definition) is 2. The predicted molar refractivity (Wildman–Crippen MR) is 129 cm³/mol. The van der Waals surface area contributed by atoms with Gasteiger partial charge >= 0.3 is 0 Å². The van der Waals surface area contributed by atoms with Gasteiger partial charge in [-0.05, 0) is 36.5 Å². The van der Waals surface area contributed by atoms with Crippen LogP contribution in [0.25, 0.3) is 0 Å². The Kier molecular flexibility index (Phi) is 8.18. The number of ether oxygens (including phenoxy) is 1. The average Bonchev–Trinajstić information content (AvgIpc) is 2.74. The average molecular weight is 506 g/mol. The van der Waals surface area contributed by atoms with Gasteiger partial charge in [-0.1, -0.05) is 48.5 Å². The van der Waals surface area contributed by atoms with E-state index >= 15 is 0 Å². The Morgan fingerprint density at radius 3 is 2.55 bits per heavy atom. The monoisotopic (exact) mass is 506 g/mol. The molecule has 0 radical (unpaired) electrons. The number of nitrogens with two attached hydrogens (primary N) is 1. The minimum absolute atomic E-state index is 0. The maximum atomic E-state index is 6.19. The molecule has 0 bridgehead atoms. The zero-order valence-corrected chi connectivity index (χ0v) is 19.1. The quantitative estimate of drug-likeness (QED) is 0.369. The van der Waals surface area contributed by atoms with Crippen LogP contribution in [0.4, 0.5) is 0 Å². The number of nitrogens with zero attached hydrogens (tertiary/aromatic N) is 2. The lowest BCUT2D eigenvalue weighted by molar-refractivity contribution is 0.199. The first-order valence-electron chi connectivity index (χ1n) is 10.3. The molecule has 3 N–H and O–H groups in total. The summed E-state index contributed by atoms with van der Waals surface area (Å²) in [5.74, 6) is 1.95. The summed E-state index contributed by atoms with van der Waals surface area (Å²) >= 11 is 0. The van der Waals surface area contributed by atoms with Gasteiger partial charge < -0.3 is 15.8 Å². The van der Waals surface area contributed by atoms with Crippen LogP contribution in [0.3, 0.4) is 0 Å². The molecular weight excluding hydrogens is 475 g/mol. The first-order valence-corrected chi connectivity index (χ1v) is 10.3. The van der Waals surface area contributed by atoms with Gasteiger partial charge in [0.25, 0.3) is 0 Å². The minimum atomic E-state index is 0. The molecule has 1 unspecified atom stereocenters. The third-order valence-corrected chi connectivity index (χ3v) is 5.75. The Balaban J connectivity index is 0.00000240. The van der Waals surface area contributed by atoms with Gasteiger partial charge in [0.1, 0.15) is 5.75 Å². The second kappa shape index (κ2) is 10.8. The summed E-state index contributed by atoms with van der Waals surface area (Å²) in [6, 6.07) is 19.4. The van der Waals surface area contributed by atoms with Gasteiger partial charge in [0.15, 0.2) is 5.96 Å². The number of likely N-dealkylation sites (tertiary alicyclic amines) is 1. The lowest BCUT2D eigenvalue weighted by Gasteiger charge is -2.32. The standard InChI is InChI=1S/C23H30N4O.HI/c24-23(25-16-19-12-15-28-22-9-5-4-8-21(19)22)26-20-10-13-27(14-11-20)17-18-6-2-1-3-7-18;/h1-9,19-20H,10-17H2,(H3,24,25,26);1H. The predicted octanol–water partition coefficient (Wildman–Crippen LogP) is 3.74. The van der Waals surface area contributed by atoms with Crippen molar-refractivity contribution in [2.45, 2.75) is 37.8 Å². The van der Waals surface area contributed by atoms with Crippen molar-refractivity contribution in [1.29, 1.82) is 0 Å². The Morgan fingerprint density at radius 1 is 1.03 bits per heavy atom. The molecular formula is C23H31IN4O. The molecule has 2 heterocycles. The summed E-state index contributed by atoms with van der Waals surface area (Å²) in [6.07, 6.45) is 3.19. The van der Waals surface area contributed by atoms with Crippen molar-refractivity contribution in [3.8, 4) is 5.75 Å². The molecule has 2 aliphatic heterocycles. The number of rotatable bonds is 5. The first kappa shape index (κ1) is 21.9. The van der Waals surface area contributed by atoms with Gasteiger partial charge in [-0.15, -0.1) is 24.0 Å². The van der Waals surface area contributed by atoms with E-state index in [9.17, 15) is 0 Å². The molecule has 2 aliphatic rings. The second-order valence-electron chi connectivity index (χ2n) is 7.78. The lowest BCUT2D eigenvalue weighted by atomic mass is 9.93. The molecule has 1 saturated heterocycles. The van der Waals surface area contributed by atoms with Crippen LogP contribution in [0.2, 0.25) is 0 Å². The van der Waals surface area contributed by atoms with E-state index in [1.807, 2.05) is 12.1 Å². The summed E-state index contributed by atoms with van der Waals surface area (Å²) < 4.78 is 5.73. The highest BCUT2D eigenvalue weighted by Crippen LogP contribution is 2.33. The number of para-hydroxylation sites is 1. The van der Waals surface area contributed by atoms with E-state index < -0.39 is 0 Å². The highest BCUT2D eigenvalue weighted by Gasteiger charge is 2.22. The van der Waals surface area contributed by atoms with Crippen LogP contribution in [-0.4, -0.2) is 43.1 Å². The third-order valence-electron chi connectivity index (χ3n) is 5.75. The van der Waals surface area contributed by atoms with E-state index in [-0.39, 0.29) is 24.0 Å². The molecule has 1 atom stereocenters. The normalized spacial score (nSPS) is 20.3. The van der Waals surface area contributed by atoms with Crippen LogP contribution in [0.5, 0.6) is 5.75 Å². The van der Waals surface area contributed by atoms with E-state index in [2.05, 4.69) is 57.7 Å². The molecule has 6 heteroatoms. The number of hydrogen-bond acceptors (Lipinski definition) is 3. The van der Waals surface area contributed by atoms with Gasteiger partial charge in [-0.2, -0.15) is 0 Å². The largest absolute Gasteiger partial charge is 0.493 e. The molecule has 2 aromatic rings. The number of nitrogens with one attached hydrogen (secondary N) is 1. The lowest BCUT2D eigenvalue weighted by Crippen LogP contribution is -2.47. The van der Waals surface area contributed by atoms with Gasteiger partial charge in [-0.25, -0.2) is 0 Å². The maximum Gasteiger partial charge on any atom is 0.188 e. The van der Waals surface area contributed by atoms with Crippen LogP contribution in [0, 0.1) is 0 Å². The van der Waals surface area contributed by atoms with E-state index in [1.165, 1.54) is 11.1 Å². The first-order chi connectivity index (χ1) is 13.8. The van der Waals surface area contributed by atoms with Crippen molar-refractivity contribution in [2.75, 3.05) is 26.2 Å². The summed E-state index contributed by atoms with van der Waals surface area (Å²) in [5, 5.41) is 3.44. The van der Waals surface area contributed by atoms with Crippen molar-refractivity contribution in [1.82, 2.24) is 10.2 Å². The molecule has 1 fully saturated rings. The van der Waals surface area contributed by atoms with Crippen molar-refractivity contribution in [3.05, 3.63) is 65.7 Å². The molecule has 156 valence electrons. The molecule has 0 spiro atoms. The van der Waals surface area contributed by atoms with E-state index in [0.717, 1.165) is 51.3 Å². The molecule has 0 saturated carbocycles. The fraction of sp³-hybridized carbons (Fsp3) is 0.435. The number of aliphatic imine (C=N–C) groups is 1. The third kappa shape index (κ3) is 6.09. The van der Waals surface area contributed by atoms with Crippen LogP contribution < -0.4 is 15.8 Å². The fourth-order valence-corrected chi connectivity index (χ4v) is 4.15. The molecule has 0 aromatic heterocycles. The summed E-state index contributed by atoms with van der Waals surface area (Å²) in [4.78, 5) is 7.16. The highest BCUT2D eigenvalue weighted by molar-refractivity contribution is 14.0. The smallest absolute Gasteiger partial charge is 0.188 e. The van der Waals surface area contributed by atoms with Gasteiger partial charge in [0.2, 0.25) is 0 Å². The van der Waals surface area contributed by atoms with Crippen LogP contribution in [0.1, 0.15) is 36.3 Å². The van der Waals surface area contributed by atoms with Crippen LogP contribution in [-0.2, 0) is 6.54 Å². The number of benzene rings is 2. The number of guanidine groups is 1. The highest BCUT2D eigenvalue weighted by atomic mass is 127. The summed E-state index contributed by atoms with van der Waals surface area (Å²) in [7, 11) is 0. The topological polar surface area (TPSA) is 62.9 Å². The van der Waals surface area contributed by atoms with E-state index in [1.54, 1.807) is 0 Å². The fourth-order valence-electron chi connectivity index (χ4n) is 4.15. The van der Waals surface area contributed by atoms with Crippen molar-refractivity contribution in [2.24, 2.45) is 10.7 Å². The van der Waals surface area contributed by atoms with Gasteiger partial charge in [-0.3, -0.25) is 9.89 Å². The minimum Gasteiger partial charge on any atom is -0.493 e. The SMILES string of the molecule is I.NC(=NCC1CCOc2ccccc21)NC1CCN(Cc2ccccc2)CC1. The van der Waals surface area contributed by atoms with Crippen LogP contribution >= 0.6 is 24.0 Å². The van der Waals surface area contributed by atoms with Gasteiger partial charge in [0.05, 0.1) is 6.61 Å². The Bertz CT molecular complexity index is 790. The van der Waals surface area contributed by atoms with Gasteiger partial charge in [0, 0.05) is 38.1 Å². The second-order valence-corrected chi connectivity index (χ2v) is 7.78. The molecule has 2 aromatic carbocycles. The molecule has 0 aliphatic carbocycles. The number of halogens is 1. The molecule has 4 rings (SSSR count). The number of piperidine rings is 1. The number of fused-ring (bicyclic) bond motifs is 1. The summed E-state index contributed by atoms with van der Waals surface area (Å²) in [5.41, 5.74) is 8.82. The van der Waals surface area contributed by atoms with Crippen molar-refractivity contribution < 1.29 is 4.74 Å². The van der Waals surface area contributed by atoms with Crippen LogP contribution in [0.15, 0.2) is 59.6 Å².